The molecule has 4 aromatic rings. The van der Waals surface area contributed by atoms with Crippen molar-refractivity contribution in [2.45, 2.75) is 31.9 Å². The summed E-state index contributed by atoms with van der Waals surface area (Å²) < 4.78 is 8.71. The molecule has 5 heteroatoms. The van der Waals surface area contributed by atoms with E-state index in [0.29, 0.717) is 18.0 Å². The van der Waals surface area contributed by atoms with E-state index in [1.54, 1.807) is 12.5 Å². The standard InChI is InChI=1S/C27H23ClN2O2/c28-21-9-4-8-20(16-21)27-23-10-5-11-24(31)22(23)12-13-25(27)32-26(17-30-15-14-29-18-30)19-6-2-1-3-7-19/h1-4,6-9,12-16,18,26H,5,10-11,17H2. The predicted octanol–water partition coefficient (Wildman–Crippen LogP) is 6.54. The van der Waals surface area contributed by atoms with Gasteiger partial charge in [-0.25, -0.2) is 4.98 Å². The second kappa shape index (κ2) is 9.01. The number of fused-ring (bicyclic) bond motifs is 1. The summed E-state index contributed by atoms with van der Waals surface area (Å²) in [5.41, 5.74) is 4.85. The van der Waals surface area contributed by atoms with Gasteiger partial charge in [-0.05, 0) is 53.8 Å². The Hall–Kier alpha value is -3.37. The van der Waals surface area contributed by atoms with Gasteiger partial charge in [0.25, 0.3) is 0 Å². The maximum atomic E-state index is 12.6. The average molecular weight is 443 g/mol. The lowest BCUT2D eigenvalue weighted by Crippen LogP contribution is -2.17. The van der Waals surface area contributed by atoms with Crippen LogP contribution in [0.2, 0.25) is 5.02 Å². The molecule has 0 amide bonds. The number of aromatic nitrogens is 2. The Morgan fingerprint density at radius 3 is 2.69 bits per heavy atom. The molecule has 0 N–H and O–H groups in total. The van der Waals surface area contributed by atoms with E-state index in [4.69, 9.17) is 16.3 Å². The molecule has 1 aliphatic carbocycles. The molecule has 32 heavy (non-hydrogen) atoms. The van der Waals surface area contributed by atoms with Gasteiger partial charge in [0, 0.05) is 35.0 Å². The fraction of sp³-hybridized carbons (Fsp3) is 0.185. The van der Waals surface area contributed by atoms with Crippen LogP contribution in [0.25, 0.3) is 11.1 Å². The van der Waals surface area contributed by atoms with Gasteiger partial charge in [0.2, 0.25) is 0 Å². The van der Waals surface area contributed by atoms with E-state index in [0.717, 1.165) is 46.4 Å². The zero-order valence-corrected chi connectivity index (χ0v) is 18.3. The molecule has 0 bridgehead atoms. The Balaban J connectivity index is 1.62. The van der Waals surface area contributed by atoms with Crippen LogP contribution in [0.5, 0.6) is 5.75 Å². The van der Waals surface area contributed by atoms with Gasteiger partial charge in [-0.3, -0.25) is 4.79 Å². The monoisotopic (exact) mass is 442 g/mol. The SMILES string of the molecule is O=C1CCCc2c1ccc(OC(Cn1ccnc1)c1ccccc1)c2-c1cccc(Cl)c1. The van der Waals surface area contributed by atoms with Crippen molar-refractivity contribution < 1.29 is 9.53 Å². The van der Waals surface area contributed by atoms with Gasteiger partial charge in [-0.2, -0.15) is 0 Å². The summed E-state index contributed by atoms with van der Waals surface area (Å²) in [4.78, 5) is 16.8. The molecule has 5 rings (SSSR count). The molecule has 1 heterocycles. The van der Waals surface area contributed by atoms with Crippen LogP contribution >= 0.6 is 11.6 Å². The minimum absolute atomic E-state index is 0.194. The van der Waals surface area contributed by atoms with E-state index < -0.39 is 0 Å². The fourth-order valence-corrected chi connectivity index (χ4v) is 4.57. The zero-order valence-electron chi connectivity index (χ0n) is 17.6. The number of carbonyl (C=O) groups excluding carboxylic acids is 1. The predicted molar refractivity (Wildman–Crippen MR) is 126 cm³/mol. The first-order valence-corrected chi connectivity index (χ1v) is 11.2. The highest BCUT2D eigenvalue weighted by atomic mass is 35.5. The Morgan fingerprint density at radius 2 is 1.91 bits per heavy atom. The third-order valence-corrected chi connectivity index (χ3v) is 6.13. The zero-order chi connectivity index (χ0) is 21.9. The molecule has 0 fully saturated rings. The molecule has 0 spiro atoms. The highest BCUT2D eigenvalue weighted by Crippen LogP contribution is 2.41. The first-order chi connectivity index (χ1) is 15.7. The van der Waals surface area contributed by atoms with Crippen LogP contribution in [0.4, 0.5) is 0 Å². The molecule has 0 saturated carbocycles. The van der Waals surface area contributed by atoms with Crippen LogP contribution in [-0.4, -0.2) is 15.3 Å². The molecule has 0 radical (unpaired) electrons. The van der Waals surface area contributed by atoms with Gasteiger partial charge in [-0.1, -0.05) is 54.1 Å². The van der Waals surface area contributed by atoms with E-state index in [1.165, 1.54) is 0 Å². The molecule has 160 valence electrons. The average Bonchev–Trinajstić information content (AvgIpc) is 3.32. The second-order valence-electron chi connectivity index (χ2n) is 8.03. The summed E-state index contributed by atoms with van der Waals surface area (Å²) in [7, 11) is 0. The summed E-state index contributed by atoms with van der Waals surface area (Å²) in [5.74, 6) is 0.953. The van der Waals surface area contributed by atoms with Crippen LogP contribution in [-0.2, 0) is 13.0 Å². The van der Waals surface area contributed by atoms with E-state index in [2.05, 4.69) is 17.1 Å². The molecular formula is C27H23ClN2O2. The lowest BCUT2D eigenvalue weighted by Gasteiger charge is -2.26. The number of carbonyl (C=O) groups is 1. The Kier molecular flexibility index (Phi) is 5.78. The first-order valence-electron chi connectivity index (χ1n) is 10.8. The maximum absolute atomic E-state index is 12.6. The number of hydrogen-bond acceptors (Lipinski definition) is 3. The fourth-order valence-electron chi connectivity index (χ4n) is 4.38. The molecule has 1 aliphatic rings. The minimum atomic E-state index is -0.222. The van der Waals surface area contributed by atoms with Gasteiger partial charge in [-0.15, -0.1) is 0 Å². The lowest BCUT2D eigenvalue weighted by molar-refractivity contribution is 0.0972. The van der Waals surface area contributed by atoms with Crippen LogP contribution in [0.1, 0.15) is 40.4 Å². The second-order valence-corrected chi connectivity index (χ2v) is 8.46. The van der Waals surface area contributed by atoms with Crippen molar-refractivity contribution >= 4 is 17.4 Å². The van der Waals surface area contributed by atoms with Gasteiger partial charge in [0.05, 0.1) is 12.9 Å². The molecule has 4 nitrogen and oxygen atoms in total. The summed E-state index contributed by atoms with van der Waals surface area (Å²) in [6, 6.07) is 21.8. The molecule has 0 aliphatic heterocycles. The van der Waals surface area contributed by atoms with Crippen molar-refractivity contribution in [2.24, 2.45) is 0 Å². The first kappa shape index (κ1) is 20.5. The van der Waals surface area contributed by atoms with Crippen molar-refractivity contribution in [2.75, 3.05) is 0 Å². The number of nitrogens with zero attached hydrogens (tertiary/aromatic N) is 2. The van der Waals surface area contributed by atoms with Crippen molar-refractivity contribution in [1.29, 1.82) is 0 Å². The summed E-state index contributed by atoms with van der Waals surface area (Å²) in [6.45, 7) is 0.620. The van der Waals surface area contributed by atoms with E-state index in [-0.39, 0.29) is 11.9 Å². The molecule has 0 saturated heterocycles. The summed E-state index contributed by atoms with van der Waals surface area (Å²) in [6.07, 6.45) is 7.56. The van der Waals surface area contributed by atoms with Crippen LogP contribution in [0.3, 0.4) is 0 Å². The van der Waals surface area contributed by atoms with Crippen molar-refractivity contribution in [3.63, 3.8) is 0 Å². The number of halogens is 1. The highest BCUT2D eigenvalue weighted by Gasteiger charge is 2.25. The number of ether oxygens (including phenoxy) is 1. The Morgan fingerprint density at radius 1 is 1.03 bits per heavy atom. The largest absolute Gasteiger partial charge is 0.483 e. The number of Topliss-reactive ketones (excluding diaryl/α,β-unsaturated/α-hetero) is 1. The normalized spacial score (nSPS) is 14.1. The van der Waals surface area contributed by atoms with Crippen molar-refractivity contribution in [1.82, 2.24) is 9.55 Å². The smallest absolute Gasteiger partial charge is 0.163 e. The van der Waals surface area contributed by atoms with Gasteiger partial charge in [0.1, 0.15) is 11.9 Å². The van der Waals surface area contributed by atoms with Gasteiger partial charge in [0.15, 0.2) is 5.78 Å². The molecule has 1 atom stereocenters. The van der Waals surface area contributed by atoms with Crippen LogP contribution in [0.15, 0.2) is 85.5 Å². The Labute approximate surface area is 192 Å². The molecule has 3 aromatic carbocycles. The highest BCUT2D eigenvalue weighted by molar-refractivity contribution is 6.30. The quantitative estimate of drug-likeness (QED) is 0.340. The topological polar surface area (TPSA) is 44.1 Å². The number of imidazole rings is 1. The van der Waals surface area contributed by atoms with E-state index >= 15 is 0 Å². The number of hydrogen-bond donors (Lipinski definition) is 0. The third kappa shape index (κ3) is 4.19. The van der Waals surface area contributed by atoms with E-state index in [9.17, 15) is 4.79 Å². The van der Waals surface area contributed by atoms with Crippen molar-refractivity contribution in [3.8, 4) is 16.9 Å². The van der Waals surface area contributed by atoms with Crippen molar-refractivity contribution in [3.05, 3.63) is 107 Å². The van der Waals surface area contributed by atoms with E-state index in [1.807, 2.05) is 65.4 Å². The molecular weight excluding hydrogens is 420 g/mol. The maximum Gasteiger partial charge on any atom is 0.163 e. The Bertz CT molecular complexity index is 1240. The number of benzene rings is 3. The summed E-state index contributed by atoms with van der Waals surface area (Å²) in [5, 5.41) is 0.659. The molecule has 1 unspecified atom stereocenters. The summed E-state index contributed by atoms with van der Waals surface area (Å²) >= 11 is 6.34. The minimum Gasteiger partial charge on any atom is -0.483 e. The van der Waals surface area contributed by atoms with Crippen LogP contribution < -0.4 is 4.74 Å². The molecule has 1 aromatic heterocycles. The number of ketones is 1. The number of rotatable bonds is 6. The van der Waals surface area contributed by atoms with Crippen LogP contribution in [0, 0.1) is 0 Å². The lowest BCUT2D eigenvalue weighted by atomic mass is 9.84. The van der Waals surface area contributed by atoms with Gasteiger partial charge < -0.3 is 9.30 Å². The third-order valence-electron chi connectivity index (χ3n) is 5.90. The van der Waals surface area contributed by atoms with Gasteiger partial charge >= 0.3 is 0 Å².